The van der Waals surface area contributed by atoms with Gasteiger partial charge >= 0.3 is 114 Å². The number of hydrogen-bond acceptors (Lipinski definition) is 44. The van der Waals surface area contributed by atoms with Crippen LogP contribution in [0.1, 0.15) is 108 Å². The summed E-state index contributed by atoms with van der Waals surface area (Å²) in [5.41, 5.74) is 17.9. The minimum absolute atomic E-state index is 0. The summed E-state index contributed by atoms with van der Waals surface area (Å²) in [4.78, 5) is 196. The van der Waals surface area contributed by atoms with Crippen LogP contribution in [0.15, 0.2) is 181 Å². The van der Waals surface area contributed by atoms with Gasteiger partial charge in [-0.1, -0.05) is 74.2 Å². The van der Waals surface area contributed by atoms with Gasteiger partial charge in [0.2, 0.25) is 14.7 Å². The number of aliphatic hydroxyl groups excluding tert-OH is 2. The Labute approximate surface area is 845 Å². The van der Waals surface area contributed by atoms with E-state index in [0.29, 0.717) is 16.7 Å². The van der Waals surface area contributed by atoms with Gasteiger partial charge in [0.25, 0.3) is 5.56 Å². The Balaban J connectivity index is 0.000000270. The largest absolute Gasteiger partial charge is 1.00 e. The summed E-state index contributed by atoms with van der Waals surface area (Å²) in [6.07, 6.45) is -12.6. The van der Waals surface area contributed by atoms with Crippen LogP contribution in [0.25, 0.3) is 0 Å². The summed E-state index contributed by atoms with van der Waals surface area (Å²) in [5.74, 6) is -1.77. The van der Waals surface area contributed by atoms with Gasteiger partial charge in [0, 0.05) is 82.5 Å². The number of anilines is 4. The van der Waals surface area contributed by atoms with Crippen molar-refractivity contribution in [1.82, 2.24) is 47.8 Å². The van der Waals surface area contributed by atoms with Crippen molar-refractivity contribution in [1.29, 1.82) is 0 Å². The molecule has 0 aliphatic carbocycles. The van der Waals surface area contributed by atoms with Crippen molar-refractivity contribution in [3.63, 3.8) is 0 Å². The summed E-state index contributed by atoms with van der Waals surface area (Å²) in [6, 6.07) is 31.6. The average molecular weight is 2300 g/mol. The molecule has 5 aliphatic heterocycles. The zero-order valence-electron chi connectivity index (χ0n) is 76.8. The number of carbonyl (C=O) groups excluding carboxylic acids is 3. The molecule has 0 bridgehead atoms. The number of nitrogen functional groups attached to an aromatic ring is 4. The molecule has 143 heavy (non-hydrogen) atoms. The molecular weight excluding hydrogens is 2200 g/mol. The van der Waals surface area contributed by atoms with E-state index < -0.39 is 223 Å². The fourth-order valence-corrected chi connectivity index (χ4v) is 18.6. The first-order valence-electron chi connectivity index (χ1n) is 41.3. The zero-order chi connectivity index (χ0) is 105. The molecule has 5 fully saturated rings. The molecule has 786 valence electrons. The first-order chi connectivity index (χ1) is 65.7. The van der Waals surface area contributed by atoms with Crippen molar-refractivity contribution in [2.45, 2.75) is 159 Å². The van der Waals surface area contributed by atoms with Gasteiger partial charge in [0.05, 0.1) is 29.9 Å². The third-order valence-corrected chi connectivity index (χ3v) is 26.0. The predicted octanol–water partition coefficient (Wildman–Crippen LogP) is 1.07. The van der Waals surface area contributed by atoms with Gasteiger partial charge in [-0.25, -0.2) is 51.8 Å². The Morgan fingerprint density at radius 3 is 0.965 bits per heavy atom. The van der Waals surface area contributed by atoms with E-state index in [0.717, 1.165) is 24.3 Å². The number of ether oxygens (including phenoxy) is 13. The van der Waals surface area contributed by atoms with Gasteiger partial charge in [-0.3, -0.25) is 55.4 Å². The van der Waals surface area contributed by atoms with Crippen LogP contribution in [0, 0.1) is 0 Å². The summed E-state index contributed by atoms with van der Waals surface area (Å²) in [7, 11) is -30.8. The molecule has 5 saturated heterocycles. The molecule has 5 aliphatic rings. The smallest absolute Gasteiger partial charge is 0.870 e. The number of aromatic nitrogens is 10. The molecule has 0 amide bonds. The molecule has 0 saturated carbocycles. The number of nitrogens with one attached hydrogen (secondary N) is 1. The van der Waals surface area contributed by atoms with Crippen molar-refractivity contribution >= 4 is 122 Å². The normalized spacial score (nSPS) is 23.5. The summed E-state index contributed by atoms with van der Waals surface area (Å²) >= 11 is 2.52. The van der Waals surface area contributed by atoms with E-state index in [2.05, 4.69) is 75.0 Å². The SMILES string of the molecule is CCOP(C)(=O)CO[C@@H]1C[C@H](OC(=O)c2ccccc2)[C@H](n2ccc(=O)[nH]c2=O)O1.CCOP(C)(=O)CO[C@@H]1C[C@H](OC(=O)c2ccccc2)[C@H](n2ccc(N)nc2=O)O1.C[Si](C)(C)I.Nc1ccn([C@@H]2O[C@H](OCP(=O)(O)O)C[C@@H]2O)c(=O)n1.Nc1ccn([C@@H]2O[C@H](OCP(=O)(O)O)C[C@@H]2OC(=O)c2ccccc2)c(=O)n1.Nc1ccn([C@@H]2O[C@H](OCP(=O)(O)OP(=O)(O)OP(=O)(O)O)C[C@@H]2O)c(=O)n1.[Na+].[OH-]. The van der Waals surface area contributed by atoms with Crippen LogP contribution < -0.4 is 86.5 Å². The Morgan fingerprint density at radius 1 is 0.420 bits per heavy atom. The van der Waals surface area contributed by atoms with Gasteiger partial charge in [-0.05, 0) is 74.5 Å². The van der Waals surface area contributed by atoms with Crippen LogP contribution in [0.3, 0.4) is 0 Å². The molecule has 13 rings (SSSR count). The molecule has 4 unspecified atom stereocenters. The quantitative estimate of drug-likeness (QED) is 0.00670. The maximum atomic E-state index is 12.5. The number of rotatable bonds is 34. The fraction of sp³-hybridized carbons (Fsp3) is 0.453. The Bertz CT molecular complexity index is 6290. The van der Waals surface area contributed by atoms with Gasteiger partial charge in [-0.2, -0.15) is 24.2 Å². The first-order valence-corrected chi connectivity index (χ1v) is 60.8. The molecule has 19 atom stereocenters. The summed E-state index contributed by atoms with van der Waals surface area (Å²) in [5, 5.41) is 19.8. The minimum Gasteiger partial charge on any atom is -0.870 e. The number of halogens is 1. The Hall–Kier alpha value is -7.97. The van der Waals surface area contributed by atoms with Gasteiger partial charge in [0.1, 0.15) is 53.7 Å². The van der Waals surface area contributed by atoms with Crippen molar-refractivity contribution in [2.75, 3.05) is 81.2 Å². The molecule has 3 aromatic carbocycles. The van der Waals surface area contributed by atoms with Crippen LogP contribution in [0.4, 0.5) is 23.3 Å². The number of aliphatic hydroxyl groups is 2. The maximum Gasteiger partial charge on any atom is 1.00 e. The van der Waals surface area contributed by atoms with Crippen molar-refractivity contribution in [2.24, 2.45) is 0 Å². The number of phosphoric acid groups is 2. The number of nitrogens with two attached hydrogens (primary N) is 4. The van der Waals surface area contributed by atoms with Gasteiger partial charge < -0.3 is 148 Å². The second kappa shape index (κ2) is 55.3. The number of hydrogen-bond donors (Lipinski definition) is 15. The third-order valence-electron chi connectivity index (χ3n) is 18.2. The van der Waals surface area contributed by atoms with E-state index in [-0.39, 0.29) is 116 Å². The van der Waals surface area contributed by atoms with Crippen molar-refractivity contribution < 1.29 is 210 Å². The van der Waals surface area contributed by atoms with E-state index in [1.165, 1.54) is 73.1 Å². The summed E-state index contributed by atoms with van der Waals surface area (Å²) < 4.78 is 173. The predicted molar refractivity (Wildman–Crippen MR) is 502 cm³/mol. The van der Waals surface area contributed by atoms with E-state index in [1.54, 1.807) is 105 Å². The Kier molecular flexibility index (Phi) is 47.9. The van der Waals surface area contributed by atoms with Gasteiger partial charge in [0.15, 0.2) is 99.9 Å². The molecule has 58 nitrogen and oxygen atoms in total. The number of H-pyrrole nitrogens is 1. The van der Waals surface area contributed by atoms with Crippen LogP contribution in [0.5, 0.6) is 0 Å². The molecular formula is C75H105IN14NaO44P7Si. The van der Waals surface area contributed by atoms with Crippen LogP contribution in [-0.2, 0) is 111 Å². The topological polar surface area (TPSA) is 858 Å². The molecule has 0 spiro atoms. The first kappa shape index (κ1) is 124. The van der Waals surface area contributed by atoms with E-state index in [9.17, 15) is 90.2 Å². The van der Waals surface area contributed by atoms with Crippen molar-refractivity contribution in [3.8, 4) is 0 Å². The number of aromatic amines is 1. The molecule has 68 heteroatoms. The standard InChI is InChI=1S/C19H24N3O7P.C19H23N2O8P.C16H18N3O8P.C9H16N3O13P3.C9H14N3O7P.C3H9ISi.Na.H2O/c1-3-27-30(2,25)12-26-16-11-14(28-18(23)13-7-5-4-6-8-13)17(29-16)22-10-9-15(20)21-19(22)24;1-3-27-30(2,25)12-26-16-11-14(28-18(23)13-7-5-4-6-8-13)17(29-16)21-10-9-15(22)20-19(21)24;17-12-6-7-19(16(21)18-12)14-11(8-13(27-14)25-9-28(22,23)24)26-15(20)10-4-2-1-3-5-10;10-6-1-2-12(9(14)11-6)8-5(13)3-7(23-8)22-4-26(15,16)24-28(20,21)25-27(17,18)19;10-6-1-2-12(9(14)11-6)8-5(13)3-7(19-8)18-4-20(15,16)17;1-5(2,3)4;;/h4-10,14,16-17H,3,11-12H2,1-2H3,(H2,20,21,24);4-10,14,16-17H,3,11-12H2,1-2H3,(H,20,22,24);1-7,11,13-14H,8-9H2,(H2,17,18,21)(H2,22,23,24);1-2,5,7-8,13H,3-4H2,(H,15,16)(H,20,21)(H2,10,11,14)(H2,17,18,19);1-2,5,7-8,13H,3-4H2,(H2,10,11,14)(H2,15,16,17);1-3H3;;1H2/q;;;;;;+1;/p-1/t2*14-,16-,17+,30?;11-,13-,14+;2*5-,7-,8+;;;/m00000.../s1. The average Bonchev–Trinajstić information content (AvgIpc) is 1.67. The molecule has 10 heterocycles. The number of esters is 3. The maximum absolute atomic E-state index is 12.5. The van der Waals surface area contributed by atoms with Crippen LogP contribution in [0.2, 0.25) is 19.6 Å². The van der Waals surface area contributed by atoms with Crippen LogP contribution in [-0.4, -0.2) is 246 Å². The monoisotopic (exact) mass is 2300 g/mol. The van der Waals surface area contributed by atoms with E-state index in [4.69, 9.17) is 128 Å². The second-order valence-corrected chi connectivity index (χ2v) is 58.1. The molecule has 20 N–H and O–H groups in total. The molecule has 5 aromatic heterocycles. The molecule has 8 aromatic rings. The fourth-order valence-electron chi connectivity index (χ4n) is 12.5. The zero-order valence-corrected chi connectivity index (χ0v) is 88.2. The van der Waals surface area contributed by atoms with E-state index >= 15 is 0 Å². The van der Waals surface area contributed by atoms with Gasteiger partial charge in [-0.15, -0.1) is 21.8 Å². The number of benzene rings is 3. The molecule has 0 radical (unpaired) electrons. The second-order valence-electron chi connectivity index (χ2n) is 31.2. The van der Waals surface area contributed by atoms with Crippen molar-refractivity contribution in [3.05, 3.63) is 232 Å². The number of carbonyl (C=O) groups is 3. The van der Waals surface area contributed by atoms with E-state index in [1.807, 2.05) is 0 Å². The Morgan fingerprint density at radius 2 is 0.685 bits per heavy atom. The third kappa shape index (κ3) is 42.3. The number of nitrogens with zero attached hydrogens (tertiary/aromatic N) is 9. The summed E-state index contributed by atoms with van der Waals surface area (Å²) in [6.45, 7) is 13.9. The van der Waals surface area contributed by atoms with Crippen LogP contribution >= 0.6 is 75.0 Å². The minimum atomic E-state index is -5.59.